The number of nitro benzene ring substituents is 2. The van der Waals surface area contributed by atoms with Gasteiger partial charge in [0, 0.05) is 52.7 Å². The van der Waals surface area contributed by atoms with Gasteiger partial charge < -0.3 is 4.57 Å². The number of carbonyl (C=O) groups excluding carboxylic acids is 1. The van der Waals surface area contributed by atoms with Crippen LogP contribution in [-0.4, -0.2) is 20.2 Å². The van der Waals surface area contributed by atoms with Crippen LogP contribution in [0.15, 0.2) is 60.7 Å². The molecule has 0 N–H and O–H groups in total. The molecule has 35 heavy (non-hydrogen) atoms. The Morgan fingerprint density at radius 3 is 1.97 bits per heavy atom. The Kier molecular flexibility index (Phi) is 6.15. The summed E-state index contributed by atoms with van der Waals surface area (Å²) in [6.07, 6.45) is 1.34. The van der Waals surface area contributed by atoms with Crippen molar-refractivity contribution >= 4 is 39.0 Å². The van der Waals surface area contributed by atoms with Gasteiger partial charge in [0.25, 0.3) is 11.4 Å². The number of ketones is 1. The van der Waals surface area contributed by atoms with E-state index in [2.05, 4.69) is 27.7 Å². The summed E-state index contributed by atoms with van der Waals surface area (Å²) in [6.45, 7) is 8.53. The third kappa shape index (κ3) is 4.91. The minimum atomic E-state index is -0.461. The number of hydrogen-bond donors (Lipinski definition) is 0. The van der Waals surface area contributed by atoms with Crippen molar-refractivity contribution in [3.05, 3.63) is 86.5 Å². The minimum Gasteiger partial charge on any atom is -0.309 e. The van der Waals surface area contributed by atoms with E-state index in [1.54, 1.807) is 30.3 Å². The number of fused-ring (bicyclic) bond motifs is 3. The summed E-state index contributed by atoms with van der Waals surface area (Å²) in [5.74, 6) is 0.256. The smallest absolute Gasteiger partial charge is 0.270 e. The lowest BCUT2D eigenvalue weighted by molar-refractivity contribution is -0.385. The Labute approximate surface area is 202 Å². The van der Waals surface area contributed by atoms with E-state index in [-0.39, 0.29) is 28.5 Å². The van der Waals surface area contributed by atoms with Gasteiger partial charge >= 0.3 is 0 Å². The van der Waals surface area contributed by atoms with Crippen LogP contribution in [0.2, 0.25) is 0 Å². The summed E-state index contributed by atoms with van der Waals surface area (Å²) in [4.78, 5) is 34.7. The van der Waals surface area contributed by atoms with Gasteiger partial charge in [-0.3, -0.25) is 25.0 Å². The Balaban J connectivity index is 1.85. The van der Waals surface area contributed by atoms with E-state index in [0.29, 0.717) is 28.6 Å². The number of Topliss-reactive ketones (excluding diaryl/α,β-unsaturated/α-hetero) is 1. The van der Waals surface area contributed by atoms with E-state index in [0.717, 1.165) is 17.3 Å². The van der Waals surface area contributed by atoms with E-state index in [1.807, 2.05) is 10.6 Å². The van der Waals surface area contributed by atoms with Gasteiger partial charge in [0.2, 0.25) is 0 Å². The highest BCUT2D eigenvalue weighted by atomic mass is 16.6. The highest BCUT2D eigenvalue weighted by Crippen LogP contribution is 2.36. The molecule has 0 aliphatic heterocycles. The molecule has 1 atom stereocenters. The van der Waals surface area contributed by atoms with E-state index < -0.39 is 9.85 Å². The molecule has 0 radical (unpaired) electrons. The Morgan fingerprint density at radius 2 is 1.40 bits per heavy atom. The van der Waals surface area contributed by atoms with E-state index in [4.69, 9.17) is 0 Å². The molecule has 4 rings (SSSR count). The van der Waals surface area contributed by atoms with Crippen molar-refractivity contribution < 1.29 is 14.6 Å². The zero-order valence-electron chi connectivity index (χ0n) is 20.1. The fourth-order valence-electron chi connectivity index (χ4n) is 4.85. The molecule has 180 valence electrons. The Hall–Kier alpha value is -4.07. The predicted molar refractivity (Wildman–Crippen MR) is 136 cm³/mol. The molecule has 0 aliphatic rings. The van der Waals surface area contributed by atoms with E-state index >= 15 is 0 Å². The molecule has 3 aromatic carbocycles. The topological polar surface area (TPSA) is 108 Å². The van der Waals surface area contributed by atoms with Crippen LogP contribution >= 0.6 is 0 Å². The van der Waals surface area contributed by atoms with Crippen LogP contribution in [0, 0.1) is 31.6 Å². The zero-order valence-corrected chi connectivity index (χ0v) is 20.1. The number of benzene rings is 3. The zero-order chi connectivity index (χ0) is 25.5. The molecule has 1 unspecified atom stereocenters. The van der Waals surface area contributed by atoms with Crippen molar-refractivity contribution in [1.82, 2.24) is 4.57 Å². The SMILES string of the molecule is CC(CC(=O)c1ccc2c(c1)c1cc([N+](=O)[O-])ccc1n2-c1ccc([N+](=O)[O-])cc1)CC(C)(C)C. The van der Waals surface area contributed by atoms with Crippen molar-refractivity contribution in [2.45, 2.75) is 40.5 Å². The second-order valence-electron chi connectivity index (χ2n) is 10.3. The van der Waals surface area contributed by atoms with Gasteiger partial charge in [0.1, 0.15) is 0 Å². The molecule has 0 saturated carbocycles. The first kappa shape index (κ1) is 24.1. The van der Waals surface area contributed by atoms with Crippen LogP contribution in [0.25, 0.3) is 27.5 Å². The first-order valence-corrected chi connectivity index (χ1v) is 11.5. The van der Waals surface area contributed by atoms with Crippen LogP contribution in [0.1, 0.15) is 50.9 Å². The Bertz CT molecular complexity index is 1460. The molecular formula is C27H27N3O5. The number of nitrogens with zero attached hydrogens (tertiary/aromatic N) is 3. The first-order valence-electron chi connectivity index (χ1n) is 11.5. The summed E-state index contributed by atoms with van der Waals surface area (Å²) < 4.78 is 1.90. The lowest BCUT2D eigenvalue weighted by Crippen LogP contribution is -2.14. The lowest BCUT2D eigenvalue weighted by Gasteiger charge is -2.22. The second-order valence-corrected chi connectivity index (χ2v) is 10.3. The van der Waals surface area contributed by atoms with Crippen LogP contribution in [0.5, 0.6) is 0 Å². The maximum Gasteiger partial charge on any atom is 0.270 e. The number of aromatic nitrogens is 1. The molecular weight excluding hydrogens is 446 g/mol. The number of rotatable bonds is 7. The Morgan fingerprint density at radius 1 is 0.857 bits per heavy atom. The van der Waals surface area contributed by atoms with Gasteiger partial charge in [0.05, 0.1) is 20.9 Å². The van der Waals surface area contributed by atoms with Crippen LogP contribution in [-0.2, 0) is 0 Å². The van der Waals surface area contributed by atoms with Gasteiger partial charge in [-0.15, -0.1) is 0 Å². The summed E-state index contributed by atoms with van der Waals surface area (Å²) >= 11 is 0. The van der Waals surface area contributed by atoms with Crippen molar-refractivity contribution in [3.63, 3.8) is 0 Å². The third-order valence-corrected chi connectivity index (χ3v) is 6.09. The molecule has 0 saturated heterocycles. The molecule has 0 amide bonds. The second kappa shape index (κ2) is 8.94. The van der Waals surface area contributed by atoms with Crippen molar-refractivity contribution in [1.29, 1.82) is 0 Å². The molecule has 1 aromatic heterocycles. The molecule has 4 aromatic rings. The van der Waals surface area contributed by atoms with E-state index in [9.17, 15) is 25.0 Å². The van der Waals surface area contributed by atoms with Crippen molar-refractivity contribution in [2.75, 3.05) is 0 Å². The van der Waals surface area contributed by atoms with Gasteiger partial charge in [-0.25, -0.2) is 0 Å². The maximum atomic E-state index is 13.1. The first-order chi connectivity index (χ1) is 16.4. The molecule has 1 heterocycles. The number of nitro groups is 2. The highest BCUT2D eigenvalue weighted by Gasteiger charge is 2.21. The average molecular weight is 474 g/mol. The molecule has 0 bridgehead atoms. The minimum absolute atomic E-state index is 0.0255. The summed E-state index contributed by atoms with van der Waals surface area (Å²) in [6, 6.07) is 16.2. The summed E-state index contributed by atoms with van der Waals surface area (Å²) in [5.41, 5.74) is 2.77. The van der Waals surface area contributed by atoms with Crippen LogP contribution < -0.4 is 0 Å². The average Bonchev–Trinajstić information content (AvgIpc) is 3.10. The molecule has 0 spiro atoms. The van der Waals surface area contributed by atoms with Crippen molar-refractivity contribution in [3.8, 4) is 5.69 Å². The maximum absolute atomic E-state index is 13.1. The molecule has 0 aliphatic carbocycles. The standard InChI is InChI=1S/C27H27N3O5/c1-17(16-27(2,3)4)13-26(31)18-5-11-24-22(14-18)23-15-21(30(34)35)10-12-25(23)28(24)19-6-8-20(9-7-19)29(32)33/h5-12,14-15,17H,13,16H2,1-4H3. The van der Waals surface area contributed by atoms with Crippen LogP contribution in [0.3, 0.4) is 0 Å². The number of carbonyl (C=O) groups is 1. The van der Waals surface area contributed by atoms with Gasteiger partial charge in [-0.05, 0) is 54.2 Å². The van der Waals surface area contributed by atoms with Gasteiger partial charge in [0.15, 0.2) is 5.78 Å². The fourth-order valence-corrected chi connectivity index (χ4v) is 4.85. The molecule has 8 nitrogen and oxygen atoms in total. The number of non-ortho nitro benzene ring substituents is 2. The van der Waals surface area contributed by atoms with Gasteiger partial charge in [-0.1, -0.05) is 27.7 Å². The number of hydrogen-bond acceptors (Lipinski definition) is 5. The van der Waals surface area contributed by atoms with Gasteiger partial charge in [-0.2, -0.15) is 0 Å². The molecule has 0 fully saturated rings. The normalized spacial score (nSPS) is 12.7. The monoisotopic (exact) mass is 473 g/mol. The summed E-state index contributed by atoms with van der Waals surface area (Å²) in [5, 5.41) is 23.9. The third-order valence-electron chi connectivity index (χ3n) is 6.09. The quantitative estimate of drug-likeness (QED) is 0.160. The molecule has 8 heteroatoms. The lowest BCUT2D eigenvalue weighted by atomic mass is 9.83. The highest BCUT2D eigenvalue weighted by molar-refractivity contribution is 6.12. The fraction of sp³-hybridized carbons (Fsp3) is 0.296. The van der Waals surface area contributed by atoms with E-state index in [1.165, 1.54) is 24.3 Å². The van der Waals surface area contributed by atoms with Crippen molar-refractivity contribution in [2.24, 2.45) is 11.3 Å². The largest absolute Gasteiger partial charge is 0.309 e. The summed E-state index contributed by atoms with van der Waals surface area (Å²) in [7, 11) is 0. The van der Waals surface area contributed by atoms with Crippen LogP contribution in [0.4, 0.5) is 11.4 Å². The predicted octanol–water partition coefficient (Wildman–Crippen LogP) is 7.25.